The van der Waals surface area contributed by atoms with Crippen molar-refractivity contribution in [2.45, 2.75) is 44.8 Å². The Morgan fingerprint density at radius 3 is 2.79 bits per heavy atom. The minimum atomic E-state index is -4.35. The van der Waals surface area contributed by atoms with Crippen LogP contribution in [0.5, 0.6) is 0 Å². The maximum Gasteiger partial charge on any atom is 0.416 e. The molecule has 1 saturated heterocycles. The van der Waals surface area contributed by atoms with Crippen molar-refractivity contribution in [2.75, 3.05) is 11.4 Å². The van der Waals surface area contributed by atoms with Gasteiger partial charge in [0.1, 0.15) is 5.82 Å². The molecule has 0 bridgehead atoms. The molecule has 1 aromatic carbocycles. The molecular formula is C22H23F3N4. The van der Waals surface area contributed by atoms with Gasteiger partial charge in [-0.05, 0) is 51.2 Å². The van der Waals surface area contributed by atoms with E-state index in [4.69, 9.17) is 0 Å². The molecule has 29 heavy (non-hydrogen) atoms. The van der Waals surface area contributed by atoms with E-state index < -0.39 is 11.7 Å². The number of anilines is 1. The van der Waals surface area contributed by atoms with Crippen LogP contribution in [0.15, 0.2) is 36.4 Å². The van der Waals surface area contributed by atoms with Gasteiger partial charge < -0.3 is 4.90 Å². The summed E-state index contributed by atoms with van der Waals surface area (Å²) in [4.78, 5) is 6.86. The summed E-state index contributed by atoms with van der Waals surface area (Å²) in [5.41, 5.74) is 2.21. The van der Waals surface area contributed by atoms with E-state index in [0.717, 1.165) is 37.0 Å². The molecule has 2 radical (unpaired) electrons. The number of hydrogen-bond donors (Lipinski definition) is 0. The van der Waals surface area contributed by atoms with E-state index in [-0.39, 0.29) is 6.04 Å². The lowest BCUT2D eigenvalue weighted by atomic mass is 10.00. The molecule has 3 heterocycles. The van der Waals surface area contributed by atoms with Crippen molar-refractivity contribution in [3.05, 3.63) is 72.3 Å². The number of benzene rings is 1. The Morgan fingerprint density at radius 2 is 2.03 bits per heavy atom. The number of halogens is 3. The van der Waals surface area contributed by atoms with Gasteiger partial charge in [-0.1, -0.05) is 18.2 Å². The number of aryl methyl sites for hydroxylation is 1. The summed E-state index contributed by atoms with van der Waals surface area (Å²) in [5, 5.41) is 4.68. The molecule has 4 nitrogen and oxygen atoms in total. The quantitative estimate of drug-likeness (QED) is 0.615. The fourth-order valence-corrected chi connectivity index (χ4v) is 3.97. The molecule has 3 aromatic rings. The predicted octanol–water partition coefficient (Wildman–Crippen LogP) is 5.04. The number of nitrogens with zero attached hydrogens (tertiary/aromatic N) is 4. The Labute approximate surface area is 168 Å². The normalized spacial score (nSPS) is 17.8. The highest BCUT2D eigenvalue weighted by Crippen LogP contribution is 2.30. The number of fused-ring (bicyclic) bond motifs is 1. The van der Waals surface area contributed by atoms with Crippen LogP contribution < -0.4 is 4.90 Å². The number of rotatable bonds is 4. The van der Waals surface area contributed by atoms with Gasteiger partial charge >= 0.3 is 6.18 Å². The summed E-state index contributed by atoms with van der Waals surface area (Å²) in [6.07, 6.45) is 1.25. The molecule has 0 aliphatic carbocycles. The lowest BCUT2D eigenvalue weighted by Gasteiger charge is -2.36. The molecule has 0 saturated carbocycles. The number of piperidine rings is 1. The Balaban J connectivity index is 1.70. The summed E-state index contributed by atoms with van der Waals surface area (Å²) in [6.45, 7) is 6.83. The first-order valence-electron chi connectivity index (χ1n) is 9.77. The maximum absolute atomic E-state index is 13.0. The third kappa shape index (κ3) is 4.09. The van der Waals surface area contributed by atoms with E-state index >= 15 is 0 Å². The first-order chi connectivity index (χ1) is 13.8. The van der Waals surface area contributed by atoms with Gasteiger partial charge in [-0.3, -0.25) is 0 Å². The molecule has 0 amide bonds. The van der Waals surface area contributed by atoms with Gasteiger partial charge in [0.25, 0.3) is 0 Å². The molecule has 0 spiro atoms. The average molecular weight is 400 g/mol. The molecule has 4 rings (SSSR count). The van der Waals surface area contributed by atoms with Crippen molar-refractivity contribution in [1.82, 2.24) is 14.6 Å². The van der Waals surface area contributed by atoms with Crippen molar-refractivity contribution >= 4 is 11.5 Å². The summed E-state index contributed by atoms with van der Waals surface area (Å²) in [5.74, 6) is 0.951. The van der Waals surface area contributed by atoms with Gasteiger partial charge in [0, 0.05) is 36.8 Å². The number of aromatic nitrogens is 3. The molecule has 1 aliphatic rings. The van der Waals surface area contributed by atoms with Crippen molar-refractivity contribution in [2.24, 2.45) is 0 Å². The molecular weight excluding hydrogens is 377 g/mol. The third-order valence-corrected chi connectivity index (χ3v) is 5.34. The van der Waals surface area contributed by atoms with E-state index in [2.05, 4.69) is 21.9 Å². The van der Waals surface area contributed by atoms with E-state index in [1.165, 1.54) is 18.6 Å². The van der Waals surface area contributed by atoms with Crippen LogP contribution in [0.2, 0.25) is 0 Å². The summed E-state index contributed by atoms with van der Waals surface area (Å²) in [7, 11) is 0. The van der Waals surface area contributed by atoms with Crippen molar-refractivity contribution in [3.8, 4) is 0 Å². The fraction of sp³-hybridized carbons (Fsp3) is 0.364. The van der Waals surface area contributed by atoms with Gasteiger partial charge in [0.2, 0.25) is 0 Å². The summed E-state index contributed by atoms with van der Waals surface area (Å²) < 4.78 is 40.8. The van der Waals surface area contributed by atoms with E-state index in [9.17, 15) is 13.2 Å². The van der Waals surface area contributed by atoms with E-state index in [0.29, 0.717) is 23.3 Å². The number of alkyl halides is 3. The van der Waals surface area contributed by atoms with Gasteiger partial charge in [-0.15, -0.1) is 0 Å². The first kappa shape index (κ1) is 19.7. The van der Waals surface area contributed by atoms with Crippen LogP contribution in [0.25, 0.3) is 5.65 Å². The molecule has 0 N–H and O–H groups in total. The van der Waals surface area contributed by atoms with Gasteiger partial charge in [0.05, 0.1) is 11.3 Å². The second kappa shape index (κ2) is 7.69. The largest absolute Gasteiger partial charge is 0.416 e. The van der Waals surface area contributed by atoms with Crippen molar-refractivity contribution < 1.29 is 13.2 Å². The maximum atomic E-state index is 13.0. The van der Waals surface area contributed by atoms with Gasteiger partial charge in [0.15, 0.2) is 5.65 Å². The Hall–Kier alpha value is -2.57. The van der Waals surface area contributed by atoms with Crippen LogP contribution in [0.1, 0.15) is 41.8 Å². The zero-order valence-corrected chi connectivity index (χ0v) is 16.3. The van der Waals surface area contributed by atoms with Crippen molar-refractivity contribution in [1.29, 1.82) is 0 Å². The topological polar surface area (TPSA) is 33.4 Å². The number of hydrogen-bond acceptors (Lipinski definition) is 3. The molecule has 1 fully saturated rings. The molecule has 2 aromatic heterocycles. The second-order valence-corrected chi connectivity index (χ2v) is 7.53. The first-order valence-corrected chi connectivity index (χ1v) is 9.77. The zero-order valence-electron chi connectivity index (χ0n) is 16.3. The third-order valence-electron chi connectivity index (χ3n) is 5.34. The van der Waals surface area contributed by atoms with Crippen LogP contribution in [0, 0.1) is 20.3 Å². The Bertz CT molecular complexity index is 1010. The van der Waals surface area contributed by atoms with Crippen LogP contribution in [0.3, 0.4) is 0 Å². The average Bonchev–Trinajstić information content (AvgIpc) is 3.08. The molecule has 1 atom stereocenters. The molecule has 1 aliphatic heterocycles. The zero-order chi connectivity index (χ0) is 20.6. The SMILES string of the molecule is [CH2][CH]C1CCCCN1c1cc(C)nc2cc(Cc3cccc(C(F)(F)F)c3)nn12. The fourth-order valence-electron chi connectivity index (χ4n) is 3.97. The summed E-state index contributed by atoms with van der Waals surface area (Å²) in [6, 6.07) is 9.50. The smallest absolute Gasteiger partial charge is 0.353 e. The van der Waals surface area contributed by atoms with E-state index in [1.807, 2.05) is 25.5 Å². The standard InChI is InChI=1S/C22H23F3N4/c1-3-19-9-4-5-10-28(19)21-11-15(2)26-20-14-18(27-29(20)21)13-16-7-6-8-17(12-16)22(23,24)25/h3,6-8,11-12,14,19H,1,4-5,9-10,13H2,2H3. The van der Waals surface area contributed by atoms with E-state index in [1.54, 1.807) is 10.6 Å². The highest BCUT2D eigenvalue weighted by atomic mass is 19.4. The minimum absolute atomic E-state index is 0.241. The van der Waals surface area contributed by atoms with Crippen LogP contribution in [-0.4, -0.2) is 27.2 Å². The lowest BCUT2D eigenvalue weighted by Crippen LogP contribution is -2.40. The highest BCUT2D eigenvalue weighted by Gasteiger charge is 2.30. The van der Waals surface area contributed by atoms with Gasteiger partial charge in [-0.2, -0.15) is 22.8 Å². The van der Waals surface area contributed by atoms with Gasteiger partial charge in [-0.25, -0.2) is 4.98 Å². The van der Waals surface area contributed by atoms with Crippen molar-refractivity contribution in [3.63, 3.8) is 0 Å². The lowest BCUT2D eigenvalue weighted by molar-refractivity contribution is -0.137. The minimum Gasteiger partial charge on any atom is -0.353 e. The molecule has 1 unspecified atom stereocenters. The summed E-state index contributed by atoms with van der Waals surface area (Å²) >= 11 is 0. The highest BCUT2D eigenvalue weighted by molar-refractivity contribution is 5.53. The Morgan fingerprint density at radius 1 is 1.21 bits per heavy atom. The molecule has 7 heteroatoms. The van der Waals surface area contributed by atoms with Crippen LogP contribution >= 0.6 is 0 Å². The van der Waals surface area contributed by atoms with Crippen LogP contribution in [0.4, 0.5) is 19.0 Å². The van der Waals surface area contributed by atoms with Crippen LogP contribution in [-0.2, 0) is 12.6 Å². The predicted molar refractivity (Wildman–Crippen MR) is 107 cm³/mol. The Kier molecular flexibility index (Phi) is 5.23. The monoisotopic (exact) mass is 400 g/mol. The molecule has 152 valence electrons. The second-order valence-electron chi connectivity index (χ2n) is 7.53.